The van der Waals surface area contributed by atoms with Gasteiger partial charge in [0.05, 0.1) is 20.8 Å². The average molecular weight is 468 g/mol. The van der Waals surface area contributed by atoms with E-state index in [-0.39, 0.29) is 35.1 Å². The first-order valence-corrected chi connectivity index (χ1v) is 9.55. The van der Waals surface area contributed by atoms with Crippen LogP contribution in [0.4, 0.5) is 23.2 Å². The zero-order valence-corrected chi connectivity index (χ0v) is 17.8. The summed E-state index contributed by atoms with van der Waals surface area (Å²) in [6.07, 6.45) is -4.58. The van der Waals surface area contributed by atoms with Gasteiger partial charge in [-0.15, -0.1) is 0 Å². The first-order valence-electron chi connectivity index (χ1n) is 9.55. The van der Waals surface area contributed by atoms with Gasteiger partial charge in [-0.1, -0.05) is 5.16 Å². The van der Waals surface area contributed by atoms with Gasteiger partial charge in [0.1, 0.15) is 12.4 Å². The Kier molecular flexibility index (Phi) is 7.04. The topological polar surface area (TPSA) is 98.5 Å². The lowest BCUT2D eigenvalue weighted by atomic mass is 10.1. The van der Waals surface area contributed by atoms with E-state index in [1.807, 2.05) is 0 Å². The van der Waals surface area contributed by atoms with Crippen molar-refractivity contribution in [1.29, 1.82) is 0 Å². The maximum atomic E-state index is 14.2. The number of aromatic nitrogens is 2. The number of hydrogen-bond donors (Lipinski definition) is 2. The molecule has 2 aromatic carbocycles. The van der Waals surface area contributed by atoms with Crippen LogP contribution in [0.2, 0.25) is 0 Å². The van der Waals surface area contributed by atoms with Crippen molar-refractivity contribution >= 4 is 11.6 Å². The molecule has 176 valence electrons. The van der Waals surface area contributed by atoms with Crippen LogP contribution in [0, 0.1) is 12.7 Å². The Hall–Kier alpha value is -3.83. The lowest BCUT2D eigenvalue weighted by molar-refractivity contribution is -0.123. The fourth-order valence-corrected chi connectivity index (χ4v) is 2.87. The molecule has 0 aliphatic carbocycles. The fourth-order valence-electron chi connectivity index (χ4n) is 2.87. The lowest BCUT2D eigenvalue weighted by Gasteiger charge is -2.12. The zero-order valence-electron chi connectivity index (χ0n) is 17.8. The quantitative estimate of drug-likeness (QED) is 0.480. The molecule has 12 heteroatoms. The van der Waals surface area contributed by atoms with E-state index in [0.29, 0.717) is 17.1 Å². The Labute approximate surface area is 185 Å². The SMILES string of the molecule is COc1ccc(-c2noc(CNc3cc(C(=O)NCC(F)(F)F)cc(F)c3C)n2)cc1OC. The van der Waals surface area contributed by atoms with E-state index in [0.717, 1.165) is 6.07 Å². The third-order valence-electron chi connectivity index (χ3n) is 4.60. The van der Waals surface area contributed by atoms with Crippen LogP contribution in [0.3, 0.4) is 0 Å². The molecule has 8 nitrogen and oxygen atoms in total. The van der Waals surface area contributed by atoms with E-state index in [2.05, 4.69) is 15.5 Å². The van der Waals surface area contributed by atoms with Gasteiger partial charge in [-0.2, -0.15) is 18.2 Å². The third-order valence-corrected chi connectivity index (χ3v) is 4.60. The molecule has 2 N–H and O–H groups in total. The smallest absolute Gasteiger partial charge is 0.405 e. The van der Waals surface area contributed by atoms with Crippen LogP contribution >= 0.6 is 0 Å². The summed E-state index contributed by atoms with van der Waals surface area (Å²) >= 11 is 0. The maximum absolute atomic E-state index is 14.2. The summed E-state index contributed by atoms with van der Waals surface area (Å²) in [5, 5.41) is 8.46. The standard InChI is InChI=1S/C21H20F4N4O4/c1-11-14(22)6-13(20(30)27-10-21(23,24)25)7-15(11)26-9-18-28-19(29-33-18)12-4-5-16(31-2)17(8-12)32-3/h4-8,26H,9-10H2,1-3H3,(H,27,30). The molecule has 0 spiro atoms. The van der Waals surface area contributed by atoms with E-state index in [1.165, 1.54) is 27.2 Å². The van der Waals surface area contributed by atoms with Gasteiger partial charge in [0, 0.05) is 22.4 Å². The monoisotopic (exact) mass is 468 g/mol. The van der Waals surface area contributed by atoms with E-state index in [4.69, 9.17) is 14.0 Å². The first kappa shape index (κ1) is 23.8. The van der Waals surface area contributed by atoms with Crippen molar-refractivity contribution in [3.63, 3.8) is 0 Å². The van der Waals surface area contributed by atoms with Crippen LogP contribution in [-0.2, 0) is 6.54 Å². The number of amides is 1. The Morgan fingerprint density at radius 3 is 2.52 bits per heavy atom. The molecule has 0 fully saturated rings. The van der Waals surface area contributed by atoms with Crippen LogP contribution in [0.5, 0.6) is 11.5 Å². The van der Waals surface area contributed by atoms with Crippen molar-refractivity contribution in [1.82, 2.24) is 15.5 Å². The molecule has 0 aliphatic heterocycles. The Morgan fingerprint density at radius 1 is 1.12 bits per heavy atom. The molecule has 0 saturated heterocycles. The number of carbonyl (C=O) groups is 1. The first-order chi connectivity index (χ1) is 15.6. The van der Waals surface area contributed by atoms with Gasteiger partial charge in [-0.25, -0.2) is 4.39 Å². The normalized spacial score (nSPS) is 11.2. The van der Waals surface area contributed by atoms with E-state index < -0.39 is 24.4 Å². The summed E-state index contributed by atoms with van der Waals surface area (Å²) in [6.45, 7) is -0.0862. The number of benzene rings is 2. The molecule has 0 saturated carbocycles. The third kappa shape index (κ3) is 5.90. The van der Waals surface area contributed by atoms with Crippen LogP contribution < -0.4 is 20.1 Å². The highest BCUT2D eigenvalue weighted by atomic mass is 19.4. The highest BCUT2D eigenvalue weighted by Crippen LogP contribution is 2.31. The van der Waals surface area contributed by atoms with Crippen molar-refractivity contribution in [2.24, 2.45) is 0 Å². The molecule has 33 heavy (non-hydrogen) atoms. The highest BCUT2D eigenvalue weighted by Gasteiger charge is 2.28. The van der Waals surface area contributed by atoms with Crippen LogP contribution in [0.1, 0.15) is 21.8 Å². The van der Waals surface area contributed by atoms with Gasteiger partial charge in [0.15, 0.2) is 11.5 Å². The van der Waals surface area contributed by atoms with Crippen LogP contribution in [-0.4, -0.2) is 43.0 Å². The largest absolute Gasteiger partial charge is 0.493 e. The molecule has 0 radical (unpaired) electrons. The van der Waals surface area contributed by atoms with Gasteiger partial charge >= 0.3 is 6.18 Å². The second-order valence-electron chi connectivity index (χ2n) is 6.86. The molecule has 1 heterocycles. The second-order valence-corrected chi connectivity index (χ2v) is 6.86. The van der Waals surface area contributed by atoms with E-state index in [1.54, 1.807) is 23.5 Å². The number of alkyl halides is 3. The Bertz CT molecular complexity index is 1150. The predicted molar refractivity (Wildman–Crippen MR) is 110 cm³/mol. The van der Waals surface area contributed by atoms with E-state index >= 15 is 0 Å². The number of nitrogens with one attached hydrogen (secondary N) is 2. The lowest BCUT2D eigenvalue weighted by Crippen LogP contribution is -2.33. The number of carbonyl (C=O) groups excluding carboxylic acids is 1. The molecule has 0 bridgehead atoms. The Balaban J connectivity index is 1.73. The molecule has 3 rings (SSSR count). The van der Waals surface area contributed by atoms with Crippen molar-refractivity contribution in [2.45, 2.75) is 19.6 Å². The van der Waals surface area contributed by atoms with Crippen LogP contribution in [0.25, 0.3) is 11.4 Å². The van der Waals surface area contributed by atoms with Gasteiger partial charge in [0.25, 0.3) is 5.91 Å². The van der Waals surface area contributed by atoms with Crippen molar-refractivity contribution in [3.8, 4) is 22.9 Å². The summed E-state index contributed by atoms with van der Waals surface area (Å²) in [5.74, 6) is -0.367. The summed E-state index contributed by atoms with van der Waals surface area (Å²) in [5.41, 5.74) is 0.703. The molecule has 3 aromatic rings. The molecule has 0 unspecified atom stereocenters. The van der Waals surface area contributed by atoms with Gasteiger partial charge in [-0.3, -0.25) is 4.79 Å². The average Bonchev–Trinajstić information content (AvgIpc) is 3.26. The molecule has 0 aliphatic rings. The number of rotatable bonds is 8. The van der Waals surface area contributed by atoms with Gasteiger partial charge in [0.2, 0.25) is 11.7 Å². The number of methoxy groups -OCH3 is 2. The minimum absolute atomic E-state index is 0.0196. The van der Waals surface area contributed by atoms with Gasteiger partial charge < -0.3 is 24.6 Å². The predicted octanol–water partition coefficient (Wildman–Crippen LogP) is 4.11. The van der Waals surface area contributed by atoms with Gasteiger partial charge in [-0.05, 0) is 37.3 Å². The number of ether oxygens (including phenoxy) is 2. The summed E-state index contributed by atoms with van der Waals surface area (Å²) < 4.78 is 66.9. The molecular formula is C21H20F4N4O4. The van der Waals surface area contributed by atoms with Crippen molar-refractivity contribution in [3.05, 3.63) is 53.2 Å². The summed E-state index contributed by atoms with van der Waals surface area (Å²) in [4.78, 5) is 16.2. The number of anilines is 1. The van der Waals surface area contributed by atoms with Crippen molar-refractivity contribution in [2.75, 3.05) is 26.1 Å². The number of halogens is 4. The molecule has 0 atom stereocenters. The summed E-state index contributed by atoms with van der Waals surface area (Å²) in [7, 11) is 3.00. The highest BCUT2D eigenvalue weighted by molar-refractivity contribution is 5.95. The second kappa shape index (κ2) is 9.76. The molecule has 1 aromatic heterocycles. The summed E-state index contributed by atoms with van der Waals surface area (Å²) in [6, 6.07) is 7.18. The molecular weight excluding hydrogens is 448 g/mol. The number of nitrogens with zero attached hydrogens (tertiary/aromatic N) is 2. The maximum Gasteiger partial charge on any atom is 0.405 e. The molecule has 1 amide bonds. The van der Waals surface area contributed by atoms with Crippen LogP contribution in [0.15, 0.2) is 34.9 Å². The Morgan fingerprint density at radius 2 is 1.85 bits per heavy atom. The number of hydrogen-bond acceptors (Lipinski definition) is 7. The fraction of sp³-hybridized carbons (Fsp3) is 0.286. The van der Waals surface area contributed by atoms with E-state index in [9.17, 15) is 22.4 Å². The minimum atomic E-state index is -4.58. The minimum Gasteiger partial charge on any atom is -0.493 e. The zero-order chi connectivity index (χ0) is 24.2. The van der Waals surface area contributed by atoms with Crippen molar-refractivity contribution < 1.29 is 36.4 Å².